The van der Waals surface area contributed by atoms with Gasteiger partial charge >= 0.3 is 0 Å². The maximum atomic E-state index is 12.4. The van der Waals surface area contributed by atoms with Crippen LogP contribution in [0.1, 0.15) is 63.2 Å². The normalized spacial score (nSPS) is 15.1. The molecule has 0 radical (unpaired) electrons. The van der Waals surface area contributed by atoms with Crippen molar-refractivity contribution < 1.29 is 19.1 Å². The quantitative estimate of drug-likeness (QED) is 0.717. The minimum atomic E-state index is -0.132. The van der Waals surface area contributed by atoms with Gasteiger partial charge in [0.05, 0.1) is 6.61 Å². The molecule has 150 valence electrons. The molecule has 6 nitrogen and oxygen atoms in total. The molecule has 0 aromatic heterocycles. The van der Waals surface area contributed by atoms with Crippen molar-refractivity contribution >= 4 is 11.8 Å². The highest BCUT2D eigenvalue weighted by Crippen LogP contribution is 2.29. The lowest BCUT2D eigenvalue weighted by Gasteiger charge is -2.26. The van der Waals surface area contributed by atoms with Gasteiger partial charge in [0, 0.05) is 24.7 Å². The number of amides is 2. The summed E-state index contributed by atoms with van der Waals surface area (Å²) in [6, 6.07) is 5.21. The van der Waals surface area contributed by atoms with E-state index in [1.807, 2.05) is 18.7 Å². The zero-order valence-electron chi connectivity index (χ0n) is 16.8. The molecule has 1 aromatic carbocycles. The average Bonchev–Trinajstić information content (AvgIpc) is 2.67. The van der Waals surface area contributed by atoms with E-state index < -0.39 is 0 Å². The van der Waals surface area contributed by atoms with Gasteiger partial charge in [-0.2, -0.15) is 0 Å². The highest BCUT2D eigenvalue weighted by Gasteiger charge is 2.18. The van der Waals surface area contributed by atoms with E-state index in [0.29, 0.717) is 23.7 Å². The molecule has 0 spiro atoms. The van der Waals surface area contributed by atoms with Crippen molar-refractivity contribution in [2.45, 2.75) is 58.9 Å². The molecule has 1 unspecified atom stereocenters. The second-order valence-electron chi connectivity index (χ2n) is 6.99. The van der Waals surface area contributed by atoms with Crippen LogP contribution in [0.5, 0.6) is 11.5 Å². The van der Waals surface area contributed by atoms with Crippen molar-refractivity contribution in [1.82, 2.24) is 10.2 Å². The van der Waals surface area contributed by atoms with Crippen LogP contribution in [-0.2, 0) is 4.79 Å². The third-order valence-electron chi connectivity index (χ3n) is 4.66. The van der Waals surface area contributed by atoms with Crippen LogP contribution in [0.15, 0.2) is 18.2 Å². The number of nitrogens with one attached hydrogen (secondary N) is 1. The van der Waals surface area contributed by atoms with Gasteiger partial charge in [0.15, 0.2) is 18.1 Å². The third-order valence-corrected chi connectivity index (χ3v) is 4.66. The maximum Gasteiger partial charge on any atom is 0.260 e. The number of nitrogens with zero attached hydrogens (tertiary/aromatic N) is 1. The van der Waals surface area contributed by atoms with Crippen LogP contribution in [0.2, 0.25) is 0 Å². The Morgan fingerprint density at radius 2 is 1.85 bits per heavy atom. The van der Waals surface area contributed by atoms with E-state index in [4.69, 9.17) is 9.47 Å². The molecule has 1 atom stereocenters. The first-order valence-electron chi connectivity index (χ1n) is 10.0. The SMILES string of the molecule is CCCC(C)NC(=O)c1ccc(OCC(=O)N2CCCCC2)c(OCC)c1. The number of rotatable bonds is 9. The predicted octanol–water partition coefficient (Wildman–Crippen LogP) is 3.40. The molecule has 1 heterocycles. The van der Waals surface area contributed by atoms with E-state index in [0.717, 1.165) is 38.8 Å². The van der Waals surface area contributed by atoms with Crippen molar-refractivity contribution in [3.8, 4) is 11.5 Å². The zero-order chi connectivity index (χ0) is 19.6. The Balaban J connectivity index is 2.01. The average molecular weight is 376 g/mol. The standard InChI is InChI=1S/C21H32N2O4/c1-4-9-16(3)22-21(25)17-10-11-18(19(14-17)26-5-2)27-15-20(24)23-12-7-6-8-13-23/h10-11,14,16H,4-9,12-13,15H2,1-3H3,(H,22,25). The molecule has 27 heavy (non-hydrogen) atoms. The maximum absolute atomic E-state index is 12.4. The van der Waals surface area contributed by atoms with Gasteiger partial charge in [-0.3, -0.25) is 9.59 Å². The molecule has 0 saturated carbocycles. The molecular formula is C21H32N2O4. The fourth-order valence-corrected chi connectivity index (χ4v) is 3.22. The Labute approximate surface area is 162 Å². The molecule has 2 rings (SSSR count). The summed E-state index contributed by atoms with van der Waals surface area (Å²) in [6.45, 7) is 8.00. The lowest BCUT2D eigenvalue weighted by atomic mass is 10.1. The summed E-state index contributed by atoms with van der Waals surface area (Å²) in [5, 5.41) is 2.98. The van der Waals surface area contributed by atoms with Crippen molar-refractivity contribution in [1.29, 1.82) is 0 Å². The molecule has 1 fully saturated rings. The Morgan fingerprint density at radius 1 is 1.11 bits per heavy atom. The summed E-state index contributed by atoms with van der Waals surface area (Å²) in [6.07, 6.45) is 5.24. The Morgan fingerprint density at radius 3 is 2.52 bits per heavy atom. The van der Waals surface area contributed by atoms with Crippen molar-refractivity contribution in [3.63, 3.8) is 0 Å². The summed E-state index contributed by atoms with van der Waals surface area (Å²) in [7, 11) is 0. The Kier molecular flexibility index (Phi) is 8.43. The first-order chi connectivity index (χ1) is 13.0. The molecule has 1 N–H and O–H groups in total. The number of piperidine rings is 1. The minimum Gasteiger partial charge on any atom is -0.490 e. The summed E-state index contributed by atoms with van der Waals surface area (Å²) in [5.41, 5.74) is 0.524. The lowest BCUT2D eigenvalue weighted by Crippen LogP contribution is -2.38. The molecule has 6 heteroatoms. The van der Waals surface area contributed by atoms with E-state index in [1.54, 1.807) is 18.2 Å². The van der Waals surface area contributed by atoms with Gasteiger partial charge in [-0.1, -0.05) is 13.3 Å². The summed E-state index contributed by atoms with van der Waals surface area (Å²) in [4.78, 5) is 26.5. The number of carbonyl (C=O) groups excluding carboxylic acids is 2. The number of hydrogen-bond acceptors (Lipinski definition) is 4. The molecule has 1 aliphatic rings. The first kappa shape index (κ1) is 21.1. The van der Waals surface area contributed by atoms with Crippen LogP contribution in [0, 0.1) is 0 Å². The van der Waals surface area contributed by atoms with Crippen LogP contribution in [-0.4, -0.2) is 49.1 Å². The second kappa shape index (κ2) is 10.8. The van der Waals surface area contributed by atoms with Crippen LogP contribution in [0.4, 0.5) is 0 Å². The molecule has 1 aliphatic heterocycles. The van der Waals surface area contributed by atoms with Gasteiger partial charge in [0.2, 0.25) is 0 Å². The fourth-order valence-electron chi connectivity index (χ4n) is 3.22. The number of benzene rings is 1. The van der Waals surface area contributed by atoms with E-state index in [9.17, 15) is 9.59 Å². The van der Waals surface area contributed by atoms with E-state index >= 15 is 0 Å². The third kappa shape index (κ3) is 6.45. The number of carbonyl (C=O) groups is 2. The van der Waals surface area contributed by atoms with Crippen LogP contribution < -0.4 is 14.8 Å². The second-order valence-corrected chi connectivity index (χ2v) is 6.99. The molecule has 1 aromatic rings. The van der Waals surface area contributed by atoms with Crippen LogP contribution in [0.3, 0.4) is 0 Å². The van der Waals surface area contributed by atoms with Gasteiger partial charge < -0.3 is 19.7 Å². The predicted molar refractivity (Wildman–Crippen MR) is 105 cm³/mol. The van der Waals surface area contributed by atoms with Gasteiger partial charge in [0.1, 0.15) is 0 Å². The zero-order valence-corrected chi connectivity index (χ0v) is 16.8. The summed E-state index contributed by atoms with van der Waals surface area (Å²) < 4.78 is 11.3. The Hall–Kier alpha value is -2.24. The van der Waals surface area contributed by atoms with Crippen molar-refractivity contribution in [2.75, 3.05) is 26.3 Å². The van der Waals surface area contributed by atoms with Gasteiger partial charge in [-0.05, 0) is 57.7 Å². The first-order valence-corrected chi connectivity index (χ1v) is 10.0. The summed E-state index contributed by atoms with van der Waals surface area (Å²) >= 11 is 0. The topological polar surface area (TPSA) is 67.9 Å². The van der Waals surface area contributed by atoms with Gasteiger partial charge in [-0.25, -0.2) is 0 Å². The monoisotopic (exact) mass is 376 g/mol. The number of hydrogen-bond donors (Lipinski definition) is 1. The van der Waals surface area contributed by atoms with Crippen LogP contribution in [0.25, 0.3) is 0 Å². The molecule has 0 bridgehead atoms. The van der Waals surface area contributed by atoms with E-state index in [2.05, 4.69) is 12.2 Å². The molecule has 0 aliphatic carbocycles. The molecule has 2 amide bonds. The smallest absolute Gasteiger partial charge is 0.260 e. The highest BCUT2D eigenvalue weighted by molar-refractivity contribution is 5.95. The van der Waals surface area contributed by atoms with Crippen molar-refractivity contribution in [3.05, 3.63) is 23.8 Å². The van der Waals surface area contributed by atoms with E-state index in [-0.39, 0.29) is 24.5 Å². The number of likely N-dealkylation sites (tertiary alicyclic amines) is 1. The van der Waals surface area contributed by atoms with E-state index in [1.165, 1.54) is 6.42 Å². The highest BCUT2D eigenvalue weighted by atomic mass is 16.5. The van der Waals surface area contributed by atoms with Gasteiger partial charge in [0.25, 0.3) is 11.8 Å². The minimum absolute atomic E-state index is 0.00708. The largest absolute Gasteiger partial charge is 0.490 e. The molecule has 1 saturated heterocycles. The number of ether oxygens (including phenoxy) is 2. The summed E-state index contributed by atoms with van der Waals surface area (Å²) in [5.74, 6) is 0.834. The molecular weight excluding hydrogens is 344 g/mol. The lowest BCUT2D eigenvalue weighted by molar-refractivity contribution is -0.134. The van der Waals surface area contributed by atoms with Crippen molar-refractivity contribution in [2.24, 2.45) is 0 Å². The Bertz CT molecular complexity index is 627. The van der Waals surface area contributed by atoms with Gasteiger partial charge in [-0.15, -0.1) is 0 Å². The van der Waals surface area contributed by atoms with Crippen LogP contribution >= 0.6 is 0 Å². The fraction of sp³-hybridized carbons (Fsp3) is 0.619.